The summed E-state index contributed by atoms with van der Waals surface area (Å²) in [6.45, 7) is -1.75. The number of alkyl halides is 2. The summed E-state index contributed by atoms with van der Waals surface area (Å²) in [5, 5.41) is 0. The van der Waals surface area contributed by atoms with Gasteiger partial charge in [-0.25, -0.2) is 8.78 Å². The van der Waals surface area contributed by atoms with E-state index in [1.807, 2.05) is 0 Å². The van der Waals surface area contributed by atoms with Crippen LogP contribution in [0.2, 0.25) is 0 Å². The van der Waals surface area contributed by atoms with Crippen LogP contribution in [0.15, 0.2) is 0 Å². The van der Waals surface area contributed by atoms with Gasteiger partial charge >= 0.3 is 73.1 Å². The van der Waals surface area contributed by atoms with Crippen molar-refractivity contribution in [3.05, 3.63) is 0 Å². The Kier molecular flexibility index (Phi) is 25.7. The monoisotopic (exact) mass is 353 g/mol. The molecule has 0 unspecified atom stereocenters. The molecule has 0 nitrogen and oxygen atoms in total. The molecule has 0 atom stereocenters. The first-order valence-corrected chi connectivity index (χ1v) is 3.15. The molecular formula is CH3B3F14K-3. The van der Waals surface area contributed by atoms with Crippen LogP contribution < -0.4 is 0 Å². The SMILES string of the molecule is FCF.F[B-](F)(F)F.F[B-](F)(F)F.F[B-](F)(F)F.[KH]. The molecule has 0 bridgehead atoms. The van der Waals surface area contributed by atoms with Crippen molar-refractivity contribution in [3.63, 3.8) is 0 Å². The van der Waals surface area contributed by atoms with E-state index in [2.05, 4.69) is 0 Å². The minimum atomic E-state index is -6.00. The van der Waals surface area contributed by atoms with Crippen LogP contribution in [0.5, 0.6) is 0 Å². The van der Waals surface area contributed by atoms with E-state index in [0.717, 1.165) is 0 Å². The Morgan fingerprint density at radius 1 is 0.421 bits per heavy atom. The van der Waals surface area contributed by atoms with Gasteiger partial charge in [-0.05, 0) is 0 Å². The van der Waals surface area contributed by atoms with Crippen molar-refractivity contribution >= 4 is 73.1 Å². The van der Waals surface area contributed by atoms with E-state index >= 15 is 0 Å². The second-order valence-corrected chi connectivity index (χ2v) is 1.59. The fourth-order valence-corrected chi connectivity index (χ4v) is 0. The van der Waals surface area contributed by atoms with Gasteiger partial charge in [0.05, 0.1) is 0 Å². The van der Waals surface area contributed by atoms with E-state index < -0.39 is 28.7 Å². The summed E-state index contributed by atoms with van der Waals surface area (Å²) in [5.74, 6) is 0. The van der Waals surface area contributed by atoms with Crippen LogP contribution in [0, 0.1) is 0 Å². The molecule has 0 radical (unpaired) electrons. The van der Waals surface area contributed by atoms with Gasteiger partial charge in [-0.3, -0.25) is 0 Å². The van der Waals surface area contributed by atoms with Gasteiger partial charge in [-0.2, -0.15) is 0 Å². The molecule has 0 rings (SSSR count). The molecule has 0 saturated carbocycles. The third kappa shape index (κ3) is 7390. The van der Waals surface area contributed by atoms with Gasteiger partial charge in [0, 0.05) is 0 Å². The predicted molar refractivity (Wildman–Crippen MR) is 44.8 cm³/mol. The molecule has 0 aliphatic rings. The van der Waals surface area contributed by atoms with Crippen LogP contribution in [0.1, 0.15) is 0 Å². The Hall–Kier alpha value is 0.851. The second kappa shape index (κ2) is 15.2. The average molecular weight is 353 g/mol. The first-order valence-electron chi connectivity index (χ1n) is 3.15. The number of hydrogen-bond acceptors (Lipinski definition) is 0. The first kappa shape index (κ1) is 32.0. The molecule has 0 aromatic rings. The Labute approximate surface area is 140 Å². The molecule has 0 spiro atoms. The zero-order chi connectivity index (χ0) is 16.2. The third-order valence-corrected chi connectivity index (χ3v) is 0. The van der Waals surface area contributed by atoms with Crippen molar-refractivity contribution in [1.82, 2.24) is 0 Å². The van der Waals surface area contributed by atoms with E-state index in [9.17, 15) is 60.6 Å². The van der Waals surface area contributed by atoms with Crippen molar-refractivity contribution < 1.29 is 60.6 Å². The zero-order valence-corrected chi connectivity index (χ0v) is 7.73. The maximum atomic E-state index is 9.75. The number of hydrogen-bond donors (Lipinski definition) is 0. The summed E-state index contributed by atoms with van der Waals surface area (Å²) >= 11 is 0. The predicted octanol–water partition coefficient (Wildman–Crippen LogP) is 4.13. The van der Waals surface area contributed by atoms with E-state index in [1.54, 1.807) is 0 Å². The van der Waals surface area contributed by atoms with E-state index in [0.29, 0.717) is 0 Å². The number of halogens is 14. The standard InChI is InChI=1S/CH2F2.3BF4.K.H/c2-1-3;3*2-1(3,4)5;;/h1H2;;;;;/q;3*-1;;. The van der Waals surface area contributed by atoms with Crippen molar-refractivity contribution in [1.29, 1.82) is 0 Å². The van der Waals surface area contributed by atoms with Gasteiger partial charge in [0.1, 0.15) is 0 Å². The van der Waals surface area contributed by atoms with Gasteiger partial charge in [-0.15, -0.1) is 0 Å². The molecule has 0 N–H and O–H groups in total. The summed E-state index contributed by atoms with van der Waals surface area (Å²) in [6, 6.07) is 0. The Morgan fingerprint density at radius 2 is 0.421 bits per heavy atom. The minimum absolute atomic E-state index is 0. The van der Waals surface area contributed by atoms with Crippen molar-refractivity contribution in [3.8, 4) is 0 Å². The third-order valence-electron chi connectivity index (χ3n) is 0. The molecule has 18 heteroatoms. The van der Waals surface area contributed by atoms with E-state index in [1.165, 1.54) is 0 Å². The second-order valence-electron chi connectivity index (χ2n) is 1.59. The van der Waals surface area contributed by atoms with Gasteiger partial charge in [0.15, 0.2) is 0 Å². The summed E-state index contributed by atoms with van der Waals surface area (Å²) in [7, 11) is -18.0. The molecular weight excluding hydrogens is 350 g/mol. The molecule has 0 aromatic carbocycles. The molecule has 0 aliphatic heterocycles. The molecule has 0 amide bonds. The van der Waals surface area contributed by atoms with Crippen LogP contribution in [0.4, 0.5) is 60.6 Å². The summed E-state index contributed by atoms with van der Waals surface area (Å²) in [6.07, 6.45) is 0. The molecule has 0 aromatic heterocycles. The average Bonchev–Trinajstić information content (AvgIpc) is 1.71. The molecule has 0 fully saturated rings. The summed E-state index contributed by atoms with van der Waals surface area (Å²) < 4.78 is 136. The van der Waals surface area contributed by atoms with Crippen molar-refractivity contribution in [2.24, 2.45) is 0 Å². The fourth-order valence-electron chi connectivity index (χ4n) is 0. The maximum absolute atomic E-state index is 9.75. The van der Waals surface area contributed by atoms with Crippen molar-refractivity contribution in [2.75, 3.05) is 6.93 Å². The van der Waals surface area contributed by atoms with Crippen molar-refractivity contribution in [2.45, 2.75) is 0 Å². The van der Waals surface area contributed by atoms with E-state index in [4.69, 9.17) is 0 Å². The molecule has 0 heterocycles. The Balaban J connectivity index is -0.0000000458. The Bertz CT molecular complexity index is 109. The topological polar surface area (TPSA) is 0 Å². The van der Waals surface area contributed by atoms with Gasteiger partial charge in [0.25, 0.3) is 0 Å². The first-order chi connectivity index (χ1) is 7.41. The van der Waals surface area contributed by atoms with Crippen LogP contribution in [0.25, 0.3) is 0 Å². The Morgan fingerprint density at radius 3 is 0.421 bits per heavy atom. The number of rotatable bonds is 0. The summed E-state index contributed by atoms with van der Waals surface area (Å²) in [5.41, 5.74) is 0. The van der Waals surface area contributed by atoms with Gasteiger partial charge < -0.3 is 51.8 Å². The fraction of sp³-hybridized carbons (Fsp3) is 1.00. The van der Waals surface area contributed by atoms with Crippen LogP contribution >= 0.6 is 0 Å². The molecule has 118 valence electrons. The zero-order valence-electron chi connectivity index (χ0n) is 7.73. The van der Waals surface area contributed by atoms with Crippen LogP contribution in [0.3, 0.4) is 0 Å². The molecule has 19 heavy (non-hydrogen) atoms. The quantitative estimate of drug-likeness (QED) is 0.454. The van der Waals surface area contributed by atoms with Gasteiger partial charge in [-0.1, -0.05) is 0 Å². The summed E-state index contributed by atoms with van der Waals surface area (Å²) in [4.78, 5) is 0. The normalized spacial score (nSPS) is 10.4. The van der Waals surface area contributed by atoms with Crippen LogP contribution in [-0.2, 0) is 0 Å². The van der Waals surface area contributed by atoms with E-state index in [-0.39, 0.29) is 51.4 Å². The molecule has 0 saturated heterocycles. The van der Waals surface area contributed by atoms with Crippen LogP contribution in [-0.4, -0.2) is 80.1 Å². The van der Waals surface area contributed by atoms with Gasteiger partial charge in [0.2, 0.25) is 6.93 Å². The molecule has 0 aliphatic carbocycles.